The molecule has 34 heavy (non-hydrogen) atoms. The highest BCUT2D eigenvalue weighted by Crippen LogP contribution is 2.30. The largest absolute Gasteiger partial charge is 0.467 e. The number of imide groups is 1. The van der Waals surface area contributed by atoms with Crippen molar-refractivity contribution >= 4 is 22.8 Å². The highest BCUT2D eigenvalue weighted by molar-refractivity contribution is 6.07. The minimum atomic E-state index is -1.62. The smallest absolute Gasteiger partial charge is 0.325 e. The van der Waals surface area contributed by atoms with Crippen LogP contribution in [-0.4, -0.2) is 26.4 Å². The molecule has 172 valence electrons. The van der Waals surface area contributed by atoms with Crippen molar-refractivity contribution < 1.29 is 22.8 Å². The van der Waals surface area contributed by atoms with Gasteiger partial charge in [0.2, 0.25) is 0 Å². The lowest BCUT2D eigenvalue weighted by Gasteiger charge is -2.22. The first kappa shape index (κ1) is 21.5. The Morgan fingerprint density at radius 1 is 1.00 bits per heavy atom. The molecule has 0 saturated carbocycles. The Morgan fingerprint density at radius 3 is 2.53 bits per heavy atom. The summed E-state index contributed by atoms with van der Waals surface area (Å²) in [6.45, 7) is 1.14. The molecule has 8 nitrogen and oxygen atoms in total. The van der Waals surface area contributed by atoms with Crippen LogP contribution in [0.5, 0.6) is 0 Å². The van der Waals surface area contributed by atoms with E-state index in [9.17, 15) is 23.2 Å². The van der Waals surface area contributed by atoms with Crippen LogP contribution in [-0.2, 0) is 23.4 Å². The Balaban J connectivity index is 1.56. The van der Waals surface area contributed by atoms with E-state index >= 15 is 0 Å². The molecule has 3 heterocycles. The van der Waals surface area contributed by atoms with Crippen LogP contribution in [0.15, 0.2) is 70.1 Å². The van der Waals surface area contributed by atoms with Gasteiger partial charge in [0.1, 0.15) is 17.1 Å². The molecule has 5 rings (SSSR count). The van der Waals surface area contributed by atoms with Crippen molar-refractivity contribution in [2.24, 2.45) is 0 Å². The molecule has 1 fully saturated rings. The van der Waals surface area contributed by atoms with Crippen molar-refractivity contribution in [3.63, 3.8) is 0 Å². The molecule has 0 radical (unpaired) electrons. The standard InChI is InChI=1S/C24H18F2N4O4/c1-24(14-8-9-17(25)18(26)11-14)22(32)30(23(33)28-24)13-20-27-19-7-3-2-6-16(19)21(31)29(20)12-15-5-4-10-34-15/h2-11H,12-13H2,1H3,(H,28,33)/t24-/m1/s1. The molecule has 1 aliphatic rings. The minimum Gasteiger partial charge on any atom is -0.467 e. The molecule has 2 aromatic heterocycles. The highest BCUT2D eigenvalue weighted by atomic mass is 19.2. The van der Waals surface area contributed by atoms with Crippen LogP contribution in [0.3, 0.4) is 0 Å². The average molecular weight is 464 g/mol. The number of fused-ring (bicyclic) bond motifs is 1. The van der Waals surface area contributed by atoms with E-state index in [0.717, 1.165) is 17.0 Å². The molecule has 4 aromatic rings. The molecular weight excluding hydrogens is 446 g/mol. The fourth-order valence-corrected chi connectivity index (χ4v) is 4.04. The van der Waals surface area contributed by atoms with Gasteiger partial charge in [-0.1, -0.05) is 18.2 Å². The van der Waals surface area contributed by atoms with Gasteiger partial charge in [-0.3, -0.25) is 19.1 Å². The Labute approximate surface area is 191 Å². The van der Waals surface area contributed by atoms with E-state index in [1.165, 1.54) is 23.8 Å². The summed E-state index contributed by atoms with van der Waals surface area (Å²) in [5.41, 5.74) is -1.47. The molecule has 1 atom stereocenters. The maximum Gasteiger partial charge on any atom is 0.325 e. The summed E-state index contributed by atoms with van der Waals surface area (Å²) in [6.07, 6.45) is 1.47. The fourth-order valence-electron chi connectivity index (χ4n) is 4.04. The molecule has 3 amide bonds. The molecule has 0 unspecified atom stereocenters. The monoisotopic (exact) mass is 464 g/mol. The summed E-state index contributed by atoms with van der Waals surface area (Å²) >= 11 is 0. The van der Waals surface area contributed by atoms with Gasteiger partial charge in [0.15, 0.2) is 11.6 Å². The number of halogens is 2. The minimum absolute atomic E-state index is 0.0447. The zero-order valence-electron chi connectivity index (χ0n) is 17.9. The molecule has 1 saturated heterocycles. The van der Waals surface area contributed by atoms with Gasteiger partial charge in [-0.2, -0.15) is 0 Å². The molecular formula is C24H18F2N4O4. The number of urea groups is 1. The van der Waals surface area contributed by atoms with Gasteiger partial charge in [0.05, 0.1) is 30.3 Å². The highest BCUT2D eigenvalue weighted by Gasteiger charge is 2.49. The molecule has 0 aliphatic carbocycles. The lowest BCUT2D eigenvalue weighted by molar-refractivity contribution is -0.131. The topological polar surface area (TPSA) is 97.4 Å². The Hall–Kier alpha value is -4.34. The molecule has 0 bridgehead atoms. The first-order chi connectivity index (χ1) is 16.3. The number of amides is 3. The van der Waals surface area contributed by atoms with Gasteiger partial charge in [-0.05, 0) is 48.9 Å². The third kappa shape index (κ3) is 3.43. The second-order valence-electron chi connectivity index (χ2n) is 8.09. The summed E-state index contributed by atoms with van der Waals surface area (Å²) < 4.78 is 33.9. The van der Waals surface area contributed by atoms with Crippen LogP contribution in [0.1, 0.15) is 24.1 Å². The lowest BCUT2D eigenvalue weighted by Crippen LogP contribution is -2.41. The van der Waals surface area contributed by atoms with Crippen LogP contribution in [0, 0.1) is 11.6 Å². The van der Waals surface area contributed by atoms with Crippen molar-refractivity contribution in [1.82, 2.24) is 19.8 Å². The number of rotatable bonds is 5. The van der Waals surface area contributed by atoms with Crippen LogP contribution in [0.4, 0.5) is 13.6 Å². The summed E-state index contributed by atoms with van der Waals surface area (Å²) in [6, 6.07) is 12.4. The second kappa shape index (κ2) is 7.91. The van der Waals surface area contributed by atoms with Crippen LogP contribution in [0.25, 0.3) is 10.9 Å². The van der Waals surface area contributed by atoms with Gasteiger partial charge in [-0.15, -0.1) is 0 Å². The van der Waals surface area contributed by atoms with E-state index in [1.807, 2.05) is 0 Å². The average Bonchev–Trinajstić information content (AvgIpc) is 3.41. The number of nitrogens with zero attached hydrogens (tertiary/aromatic N) is 3. The predicted molar refractivity (Wildman–Crippen MR) is 117 cm³/mol. The maximum atomic E-state index is 13.8. The van der Waals surface area contributed by atoms with Crippen LogP contribution >= 0.6 is 0 Å². The van der Waals surface area contributed by atoms with Gasteiger partial charge in [0, 0.05) is 0 Å². The Bertz CT molecular complexity index is 1500. The van der Waals surface area contributed by atoms with Crippen LogP contribution in [0.2, 0.25) is 0 Å². The van der Waals surface area contributed by atoms with Crippen molar-refractivity contribution in [3.05, 3.63) is 100.0 Å². The van der Waals surface area contributed by atoms with Gasteiger partial charge >= 0.3 is 6.03 Å². The molecule has 0 spiro atoms. The first-order valence-electron chi connectivity index (χ1n) is 10.4. The molecule has 1 N–H and O–H groups in total. The van der Waals surface area contributed by atoms with E-state index < -0.39 is 29.1 Å². The summed E-state index contributed by atoms with van der Waals surface area (Å²) in [7, 11) is 0. The SMILES string of the molecule is C[C@]1(c2ccc(F)c(F)c2)NC(=O)N(Cc2nc3ccccc3c(=O)n2Cc2ccco2)C1=O. The van der Waals surface area contributed by atoms with Crippen molar-refractivity contribution in [3.8, 4) is 0 Å². The number of furan rings is 1. The summed E-state index contributed by atoms with van der Waals surface area (Å²) in [5, 5.41) is 2.92. The van der Waals surface area contributed by atoms with Crippen molar-refractivity contribution in [1.29, 1.82) is 0 Å². The molecule has 10 heteroatoms. The number of para-hydroxylation sites is 1. The van der Waals surface area contributed by atoms with E-state index in [4.69, 9.17) is 4.42 Å². The van der Waals surface area contributed by atoms with Crippen molar-refractivity contribution in [2.45, 2.75) is 25.6 Å². The quantitative estimate of drug-likeness (QED) is 0.457. The number of carbonyl (C=O) groups is 2. The number of aromatic nitrogens is 2. The van der Waals surface area contributed by atoms with E-state index in [0.29, 0.717) is 16.7 Å². The number of benzene rings is 2. The second-order valence-corrected chi connectivity index (χ2v) is 8.09. The molecule has 1 aliphatic heterocycles. The number of carbonyl (C=O) groups excluding carboxylic acids is 2. The number of hydrogen-bond acceptors (Lipinski definition) is 5. The van der Waals surface area contributed by atoms with Crippen LogP contribution < -0.4 is 10.9 Å². The first-order valence-corrected chi connectivity index (χ1v) is 10.4. The summed E-state index contributed by atoms with van der Waals surface area (Å²) in [5.74, 6) is -2.23. The van der Waals surface area contributed by atoms with Crippen molar-refractivity contribution in [2.75, 3.05) is 0 Å². The Kier molecular flexibility index (Phi) is 5.00. The predicted octanol–water partition coefficient (Wildman–Crippen LogP) is 3.28. The van der Waals surface area contributed by atoms with E-state index in [-0.39, 0.29) is 30.0 Å². The normalized spacial score (nSPS) is 18.0. The third-order valence-electron chi connectivity index (χ3n) is 5.91. The Morgan fingerprint density at radius 2 is 1.79 bits per heavy atom. The maximum absolute atomic E-state index is 13.8. The summed E-state index contributed by atoms with van der Waals surface area (Å²) in [4.78, 5) is 44.8. The zero-order chi connectivity index (χ0) is 24.0. The fraction of sp³-hybridized carbons (Fsp3) is 0.167. The van der Waals surface area contributed by atoms with E-state index in [2.05, 4.69) is 10.3 Å². The zero-order valence-corrected chi connectivity index (χ0v) is 17.9. The number of nitrogens with one attached hydrogen (secondary N) is 1. The lowest BCUT2D eigenvalue weighted by atomic mass is 9.92. The van der Waals surface area contributed by atoms with Gasteiger partial charge in [-0.25, -0.2) is 18.6 Å². The van der Waals surface area contributed by atoms with Gasteiger partial charge < -0.3 is 9.73 Å². The van der Waals surface area contributed by atoms with E-state index in [1.54, 1.807) is 36.4 Å². The third-order valence-corrected chi connectivity index (χ3v) is 5.91. The number of hydrogen-bond donors (Lipinski definition) is 1. The molecule has 2 aromatic carbocycles. The van der Waals surface area contributed by atoms with Gasteiger partial charge in [0.25, 0.3) is 11.5 Å².